The lowest BCUT2D eigenvalue weighted by Gasteiger charge is -2.51. The lowest BCUT2D eigenvalue weighted by molar-refractivity contribution is -0.161. The van der Waals surface area contributed by atoms with Crippen molar-refractivity contribution >= 4 is 58.0 Å². The molecule has 1 aromatic heterocycles. The topological polar surface area (TPSA) is 68.2 Å². The number of carbonyl (C=O) groups excluding carboxylic acids is 2. The van der Waals surface area contributed by atoms with Crippen LogP contribution in [0.15, 0.2) is 71.2 Å². The maximum Gasteiger partial charge on any atom is 0.246 e. The summed E-state index contributed by atoms with van der Waals surface area (Å²) in [6.45, 7) is 0.844. The summed E-state index contributed by atoms with van der Waals surface area (Å²) >= 11 is 13.9. The molecular formula is C28H22Cl2N2O4S. The number of piperidine rings is 1. The Morgan fingerprint density at radius 3 is 2.54 bits per heavy atom. The highest BCUT2D eigenvalue weighted by Crippen LogP contribution is 2.51. The van der Waals surface area contributed by atoms with Crippen LogP contribution in [0, 0.1) is 0 Å². The van der Waals surface area contributed by atoms with Crippen molar-refractivity contribution in [3.05, 3.63) is 92.1 Å². The number of ether oxygens (including phenoxy) is 1. The molecule has 6 rings (SSSR count). The van der Waals surface area contributed by atoms with Crippen molar-refractivity contribution in [2.24, 2.45) is 5.16 Å². The number of fused-ring (bicyclic) bond motifs is 2. The van der Waals surface area contributed by atoms with Gasteiger partial charge in [0, 0.05) is 53.4 Å². The highest BCUT2D eigenvalue weighted by molar-refractivity contribution is 7.10. The summed E-state index contributed by atoms with van der Waals surface area (Å²) in [6.07, 6.45) is 4.50. The SMILES string of the molecule is O=C(C=Cc1cccs1)N1CCC2(CC1)Oc1ccc(Cl)cc1C(=O)C21CC(c2ccc(Cl)cc2)=NO1. The van der Waals surface area contributed by atoms with Gasteiger partial charge < -0.3 is 14.5 Å². The van der Waals surface area contributed by atoms with E-state index in [4.69, 9.17) is 32.8 Å². The number of oxime groups is 1. The Balaban J connectivity index is 1.30. The van der Waals surface area contributed by atoms with Crippen LogP contribution in [0.2, 0.25) is 10.0 Å². The van der Waals surface area contributed by atoms with Crippen molar-refractivity contribution in [1.29, 1.82) is 0 Å². The van der Waals surface area contributed by atoms with Crippen LogP contribution >= 0.6 is 34.5 Å². The number of rotatable bonds is 3. The number of thiophene rings is 1. The molecule has 0 bridgehead atoms. The molecule has 1 saturated heterocycles. The normalized spacial score (nSPS) is 22.2. The van der Waals surface area contributed by atoms with Gasteiger partial charge >= 0.3 is 0 Å². The molecular weight excluding hydrogens is 531 g/mol. The van der Waals surface area contributed by atoms with Gasteiger partial charge in [-0.25, -0.2) is 0 Å². The van der Waals surface area contributed by atoms with Crippen LogP contribution in [0.25, 0.3) is 6.08 Å². The van der Waals surface area contributed by atoms with E-state index in [1.807, 2.05) is 35.7 Å². The minimum atomic E-state index is -1.36. The molecule has 0 radical (unpaired) electrons. The molecule has 0 aliphatic carbocycles. The summed E-state index contributed by atoms with van der Waals surface area (Å²) in [5.74, 6) is 0.194. The number of benzene rings is 2. The summed E-state index contributed by atoms with van der Waals surface area (Å²) in [7, 11) is 0. The molecule has 1 amide bonds. The van der Waals surface area contributed by atoms with Crippen LogP contribution < -0.4 is 4.74 Å². The smallest absolute Gasteiger partial charge is 0.246 e. The van der Waals surface area contributed by atoms with Crippen LogP contribution in [0.5, 0.6) is 5.75 Å². The van der Waals surface area contributed by atoms with Crippen molar-refractivity contribution < 1.29 is 19.2 Å². The fourth-order valence-electron chi connectivity index (χ4n) is 5.32. The maximum atomic E-state index is 14.1. The Bertz CT molecular complexity index is 1430. The van der Waals surface area contributed by atoms with E-state index in [1.54, 1.807) is 52.6 Å². The predicted molar refractivity (Wildman–Crippen MR) is 145 cm³/mol. The number of hydrogen-bond donors (Lipinski definition) is 0. The highest BCUT2D eigenvalue weighted by atomic mass is 35.5. The Morgan fingerprint density at radius 2 is 1.81 bits per heavy atom. The summed E-state index contributed by atoms with van der Waals surface area (Å²) in [5.41, 5.74) is -0.496. The molecule has 3 aromatic rings. The van der Waals surface area contributed by atoms with Gasteiger partial charge in [-0.15, -0.1) is 11.3 Å². The monoisotopic (exact) mass is 552 g/mol. The lowest BCUT2D eigenvalue weighted by atomic mass is 9.67. The van der Waals surface area contributed by atoms with E-state index in [0.29, 0.717) is 53.0 Å². The Labute approximate surface area is 228 Å². The average Bonchev–Trinajstić information content (AvgIpc) is 3.59. The van der Waals surface area contributed by atoms with E-state index in [9.17, 15) is 9.59 Å². The minimum absolute atomic E-state index is 0.0722. The second kappa shape index (κ2) is 9.31. The molecule has 3 aliphatic heterocycles. The van der Waals surface area contributed by atoms with Gasteiger partial charge in [-0.05, 0) is 53.4 Å². The van der Waals surface area contributed by atoms with E-state index < -0.39 is 11.2 Å². The number of ketones is 1. The van der Waals surface area contributed by atoms with Gasteiger partial charge in [-0.2, -0.15) is 0 Å². The van der Waals surface area contributed by atoms with Gasteiger partial charge in [0.25, 0.3) is 0 Å². The number of carbonyl (C=O) groups is 2. The average molecular weight is 553 g/mol. The van der Waals surface area contributed by atoms with Crippen LogP contribution in [0.1, 0.15) is 40.1 Å². The first-order chi connectivity index (χ1) is 17.9. The molecule has 9 heteroatoms. The summed E-state index contributed by atoms with van der Waals surface area (Å²) in [5, 5.41) is 7.39. The van der Waals surface area contributed by atoms with Crippen molar-refractivity contribution in [3.8, 4) is 5.75 Å². The first-order valence-corrected chi connectivity index (χ1v) is 13.6. The van der Waals surface area contributed by atoms with Gasteiger partial charge in [0.2, 0.25) is 17.3 Å². The molecule has 188 valence electrons. The van der Waals surface area contributed by atoms with E-state index in [-0.39, 0.29) is 18.1 Å². The number of likely N-dealkylation sites (tertiary alicyclic amines) is 1. The third-order valence-electron chi connectivity index (χ3n) is 7.32. The zero-order valence-electron chi connectivity index (χ0n) is 19.7. The largest absolute Gasteiger partial charge is 0.482 e. The second-order valence-electron chi connectivity index (χ2n) is 9.38. The maximum absolute atomic E-state index is 14.1. The first-order valence-electron chi connectivity index (χ1n) is 11.9. The minimum Gasteiger partial charge on any atom is -0.482 e. The molecule has 4 heterocycles. The van der Waals surface area contributed by atoms with Crippen LogP contribution in [-0.4, -0.2) is 46.6 Å². The quantitative estimate of drug-likeness (QED) is 0.359. The van der Waals surface area contributed by atoms with E-state index >= 15 is 0 Å². The molecule has 0 saturated carbocycles. The molecule has 2 aromatic carbocycles. The van der Waals surface area contributed by atoms with E-state index in [2.05, 4.69) is 5.16 Å². The fraction of sp³-hybridized carbons (Fsp3) is 0.250. The van der Waals surface area contributed by atoms with Gasteiger partial charge in [0.15, 0.2) is 5.60 Å². The van der Waals surface area contributed by atoms with Crippen molar-refractivity contribution in [3.63, 3.8) is 0 Å². The summed E-state index contributed by atoms with van der Waals surface area (Å²) in [4.78, 5) is 35.9. The molecule has 6 nitrogen and oxygen atoms in total. The number of hydrogen-bond acceptors (Lipinski definition) is 6. The van der Waals surface area contributed by atoms with E-state index in [1.165, 1.54) is 0 Å². The van der Waals surface area contributed by atoms with Crippen LogP contribution in [0.4, 0.5) is 0 Å². The summed E-state index contributed by atoms with van der Waals surface area (Å²) < 4.78 is 6.62. The number of Topliss-reactive ketones (excluding diaryl/α,β-unsaturated/α-hetero) is 1. The third-order valence-corrected chi connectivity index (χ3v) is 8.64. The van der Waals surface area contributed by atoms with Gasteiger partial charge in [0.05, 0.1) is 11.3 Å². The fourth-order valence-corrected chi connectivity index (χ4v) is 6.24. The number of nitrogens with zero attached hydrogens (tertiary/aromatic N) is 2. The second-order valence-corrected chi connectivity index (χ2v) is 11.2. The van der Waals surface area contributed by atoms with Gasteiger partial charge in [-0.1, -0.05) is 46.6 Å². The Kier molecular flexibility index (Phi) is 6.10. The zero-order chi connectivity index (χ0) is 25.6. The van der Waals surface area contributed by atoms with Crippen LogP contribution in [0.3, 0.4) is 0 Å². The van der Waals surface area contributed by atoms with Crippen LogP contribution in [-0.2, 0) is 9.63 Å². The molecule has 1 unspecified atom stereocenters. The van der Waals surface area contributed by atoms with Gasteiger partial charge in [0.1, 0.15) is 5.75 Å². The van der Waals surface area contributed by atoms with Crippen molar-refractivity contribution in [2.75, 3.05) is 13.1 Å². The molecule has 37 heavy (non-hydrogen) atoms. The molecule has 3 aliphatic rings. The van der Waals surface area contributed by atoms with Crippen molar-refractivity contribution in [1.82, 2.24) is 4.90 Å². The molecule has 0 N–H and O–H groups in total. The Morgan fingerprint density at radius 1 is 1.05 bits per heavy atom. The molecule has 2 spiro atoms. The zero-order valence-corrected chi connectivity index (χ0v) is 22.0. The van der Waals surface area contributed by atoms with Crippen molar-refractivity contribution in [2.45, 2.75) is 30.5 Å². The molecule has 1 fully saturated rings. The van der Waals surface area contributed by atoms with E-state index in [0.717, 1.165) is 10.4 Å². The standard InChI is InChI=1S/C28H22Cl2N2O4S/c29-19-5-3-18(4-6-19)23-17-28(36-31-23)26(34)22-16-20(30)7-9-24(22)35-27(28)11-13-32(14-12-27)25(33)10-8-21-2-1-15-37-21/h1-10,15-16H,11-14,17H2. The number of amides is 1. The summed E-state index contributed by atoms with van der Waals surface area (Å²) in [6, 6.07) is 16.2. The Hall–Kier alpha value is -3.13. The highest BCUT2D eigenvalue weighted by Gasteiger charge is 2.67. The van der Waals surface area contributed by atoms with Gasteiger partial charge in [-0.3, -0.25) is 9.59 Å². The first kappa shape index (κ1) is 24.2. The third kappa shape index (κ3) is 4.15. The number of halogens is 2. The molecule has 1 atom stereocenters. The lowest BCUT2D eigenvalue weighted by Crippen LogP contribution is -2.68. The predicted octanol–water partition coefficient (Wildman–Crippen LogP) is 6.27.